The smallest absolute Gasteiger partial charge is 0.305 e. The first-order valence-corrected chi connectivity index (χ1v) is 6.30. The normalized spacial score (nSPS) is 14.8. The van der Waals surface area contributed by atoms with Crippen molar-refractivity contribution < 1.29 is 33.3 Å². The Hall–Kier alpha value is -1.63. The second-order valence-electron chi connectivity index (χ2n) is 4.36. The van der Waals surface area contributed by atoms with Crippen LogP contribution in [0.2, 0.25) is 0 Å². The maximum Gasteiger partial charge on any atom is 0.305 e. The van der Waals surface area contributed by atoms with Gasteiger partial charge in [-0.3, -0.25) is 14.4 Å². The summed E-state index contributed by atoms with van der Waals surface area (Å²) in [4.78, 5) is 32.9. The van der Waals surface area contributed by atoms with E-state index in [1.807, 2.05) is 0 Å². The van der Waals surface area contributed by atoms with Gasteiger partial charge in [0.2, 0.25) is 6.29 Å². The number of rotatable bonds is 8. The summed E-state index contributed by atoms with van der Waals surface area (Å²) in [6.07, 6.45) is -1.29. The summed E-state index contributed by atoms with van der Waals surface area (Å²) in [5.74, 6) is -1.43. The minimum absolute atomic E-state index is 0.333. The first-order valence-electron chi connectivity index (χ1n) is 6.30. The van der Waals surface area contributed by atoms with Crippen molar-refractivity contribution in [3.05, 3.63) is 0 Å². The van der Waals surface area contributed by atoms with Gasteiger partial charge in [0, 0.05) is 27.9 Å². The second-order valence-corrected chi connectivity index (χ2v) is 4.36. The van der Waals surface area contributed by atoms with Gasteiger partial charge in [-0.25, -0.2) is 0 Å². The van der Waals surface area contributed by atoms with Crippen molar-refractivity contribution in [2.75, 3.05) is 7.11 Å². The molecule has 0 saturated heterocycles. The predicted octanol–water partition coefficient (Wildman–Crippen LogP) is 1.19. The SMILES string of the molecule is CO[C@H](OC(C)=O)[C@@H](CC[C@@H](C)OC(C)=O)OC(C)=O. The van der Waals surface area contributed by atoms with Crippen LogP contribution in [0.4, 0.5) is 0 Å². The van der Waals surface area contributed by atoms with Crippen LogP contribution in [0, 0.1) is 0 Å². The lowest BCUT2D eigenvalue weighted by molar-refractivity contribution is -0.205. The van der Waals surface area contributed by atoms with Gasteiger partial charge in [0.25, 0.3) is 0 Å². The number of ether oxygens (including phenoxy) is 4. The highest BCUT2D eigenvalue weighted by Crippen LogP contribution is 2.15. The largest absolute Gasteiger partial charge is 0.463 e. The van der Waals surface area contributed by atoms with Gasteiger partial charge in [0.05, 0.1) is 6.10 Å². The molecule has 0 rings (SSSR count). The van der Waals surface area contributed by atoms with Crippen molar-refractivity contribution in [3.63, 3.8) is 0 Å². The van der Waals surface area contributed by atoms with Crippen LogP contribution < -0.4 is 0 Å². The second kappa shape index (κ2) is 9.30. The van der Waals surface area contributed by atoms with Crippen LogP contribution >= 0.6 is 0 Å². The quantitative estimate of drug-likeness (QED) is 0.377. The molecule has 0 aliphatic carbocycles. The van der Waals surface area contributed by atoms with Gasteiger partial charge < -0.3 is 18.9 Å². The van der Waals surface area contributed by atoms with Gasteiger partial charge in [-0.1, -0.05) is 0 Å². The van der Waals surface area contributed by atoms with Crippen molar-refractivity contribution in [3.8, 4) is 0 Å². The molecule has 0 fully saturated rings. The summed E-state index contributed by atoms with van der Waals surface area (Å²) in [6.45, 7) is 5.53. The van der Waals surface area contributed by atoms with E-state index in [0.717, 1.165) is 0 Å². The Labute approximate surface area is 118 Å². The van der Waals surface area contributed by atoms with Gasteiger partial charge in [-0.05, 0) is 19.8 Å². The third-order valence-corrected chi connectivity index (χ3v) is 2.36. The van der Waals surface area contributed by atoms with Crippen LogP contribution in [0.5, 0.6) is 0 Å². The summed E-state index contributed by atoms with van der Waals surface area (Å²) in [6, 6.07) is 0. The van der Waals surface area contributed by atoms with Gasteiger partial charge in [0.1, 0.15) is 0 Å². The standard InChI is InChI=1S/C13H22O7/c1-8(18-9(2)14)6-7-12(19-10(3)15)13(17-5)20-11(4)16/h8,12-13H,6-7H2,1-5H3/t8-,12-,13-/m1/s1. The maximum absolute atomic E-state index is 11.1. The van der Waals surface area contributed by atoms with Gasteiger partial charge in [0.15, 0.2) is 6.10 Å². The average molecular weight is 290 g/mol. The van der Waals surface area contributed by atoms with E-state index in [1.165, 1.54) is 27.9 Å². The molecule has 7 nitrogen and oxygen atoms in total. The molecule has 0 amide bonds. The molecule has 0 unspecified atom stereocenters. The Balaban J connectivity index is 4.57. The number of hydrogen-bond donors (Lipinski definition) is 0. The van der Waals surface area contributed by atoms with Crippen LogP contribution in [0.3, 0.4) is 0 Å². The van der Waals surface area contributed by atoms with Gasteiger partial charge in [-0.2, -0.15) is 0 Å². The van der Waals surface area contributed by atoms with E-state index in [1.54, 1.807) is 6.92 Å². The Morgan fingerprint density at radius 1 is 0.850 bits per heavy atom. The molecule has 116 valence electrons. The van der Waals surface area contributed by atoms with Crippen molar-refractivity contribution in [2.24, 2.45) is 0 Å². The molecule has 7 heteroatoms. The van der Waals surface area contributed by atoms with E-state index < -0.39 is 24.3 Å². The first kappa shape index (κ1) is 18.4. The zero-order valence-electron chi connectivity index (χ0n) is 12.5. The molecule has 0 N–H and O–H groups in total. The van der Waals surface area contributed by atoms with Crippen molar-refractivity contribution in [1.29, 1.82) is 0 Å². The fraction of sp³-hybridized carbons (Fsp3) is 0.769. The number of hydrogen-bond acceptors (Lipinski definition) is 7. The third kappa shape index (κ3) is 8.47. The number of carbonyl (C=O) groups excluding carboxylic acids is 3. The van der Waals surface area contributed by atoms with Gasteiger partial charge in [-0.15, -0.1) is 0 Å². The Bertz CT molecular complexity index is 340. The van der Waals surface area contributed by atoms with E-state index >= 15 is 0 Å². The van der Waals surface area contributed by atoms with E-state index in [0.29, 0.717) is 12.8 Å². The third-order valence-electron chi connectivity index (χ3n) is 2.36. The fourth-order valence-corrected chi connectivity index (χ4v) is 1.64. The molecule has 0 spiro atoms. The number of esters is 3. The van der Waals surface area contributed by atoms with Crippen molar-refractivity contribution >= 4 is 17.9 Å². The molecule has 0 aromatic carbocycles. The van der Waals surface area contributed by atoms with Crippen LogP contribution in [-0.2, 0) is 33.3 Å². The summed E-state index contributed by atoms with van der Waals surface area (Å²) in [5.41, 5.74) is 0. The van der Waals surface area contributed by atoms with Crippen LogP contribution in [0.1, 0.15) is 40.5 Å². The molecular formula is C13H22O7. The lowest BCUT2D eigenvalue weighted by atomic mass is 10.1. The highest BCUT2D eigenvalue weighted by molar-refractivity contribution is 5.67. The molecule has 0 aliphatic rings. The van der Waals surface area contributed by atoms with Crippen LogP contribution in [-0.4, -0.2) is 43.5 Å². The topological polar surface area (TPSA) is 88.1 Å². The monoisotopic (exact) mass is 290 g/mol. The first-order chi connectivity index (χ1) is 9.26. The predicted molar refractivity (Wildman–Crippen MR) is 68.6 cm³/mol. The minimum Gasteiger partial charge on any atom is -0.463 e. The summed E-state index contributed by atoms with van der Waals surface area (Å²) in [7, 11) is 1.35. The average Bonchev–Trinajstić information content (AvgIpc) is 2.30. The van der Waals surface area contributed by atoms with Crippen LogP contribution in [0.15, 0.2) is 0 Å². The van der Waals surface area contributed by atoms with E-state index in [4.69, 9.17) is 18.9 Å². The number of methoxy groups -OCH3 is 1. The molecule has 0 radical (unpaired) electrons. The van der Waals surface area contributed by atoms with Crippen molar-refractivity contribution in [2.45, 2.75) is 59.0 Å². The fourth-order valence-electron chi connectivity index (χ4n) is 1.64. The zero-order valence-corrected chi connectivity index (χ0v) is 12.5. The van der Waals surface area contributed by atoms with Gasteiger partial charge >= 0.3 is 17.9 Å². The Morgan fingerprint density at radius 2 is 1.35 bits per heavy atom. The van der Waals surface area contributed by atoms with E-state index in [2.05, 4.69) is 0 Å². The number of carbonyl (C=O) groups is 3. The molecule has 0 bridgehead atoms. The van der Waals surface area contributed by atoms with Crippen molar-refractivity contribution in [1.82, 2.24) is 0 Å². The van der Waals surface area contributed by atoms with E-state index in [-0.39, 0.29) is 12.1 Å². The Morgan fingerprint density at radius 3 is 1.75 bits per heavy atom. The maximum atomic E-state index is 11.1. The molecule has 0 aromatic heterocycles. The lowest BCUT2D eigenvalue weighted by Gasteiger charge is -2.25. The van der Waals surface area contributed by atoms with Crippen LogP contribution in [0.25, 0.3) is 0 Å². The molecule has 20 heavy (non-hydrogen) atoms. The van der Waals surface area contributed by atoms with E-state index in [9.17, 15) is 14.4 Å². The molecule has 0 aromatic rings. The summed E-state index contributed by atoms with van der Waals surface area (Å²) >= 11 is 0. The molecule has 0 saturated carbocycles. The zero-order chi connectivity index (χ0) is 15.7. The Kier molecular flexibility index (Phi) is 8.54. The molecule has 0 aliphatic heterocycles. The highest BCUT2D eigenvalue weighted by Gasteiger charge is 2.27. The lowest BCUT2D eigenvalue weighted by Crippen LogP contribution is -2.36. The molecular weight excluding hydrogens is 268 g/mol. The summed E-state index contributed by atoms with van der Waals surface area (Å²) in [5, 5.41) is 0. The summed E-state index contributed by atoms with van der Waals surface area (Å²) < 4.78 is 20.0. The molecule has 3 atom stereocenters. The minimum atomic E-state index is -0.985. The molecule has 0 heterocycles. The highest BCUT2D eigenvalue weighted by atomic mass is 16.7.